The third-order valence-electron chi connectivity index (χ3n) is 1.58. The number of pyridine rings is 1. The lowest BCUT2D eigenvalue weighted by Gasteiger charge is -1.99. The van der Waals surface area contributed by atoms with Crippen LogP contribution in [0.3, 0.4) is 0 Å². The molecule has 0 atom stereocenters. The average molecular weight is 205 g/mol. The number of ether oxygens (including phenoxy) is 1. The van der Waals surface area contributed by atoms with Crippen molar-refractivity contribution in [2.75, 3.05) is 5.73 Å². The average Bonchev–Trinajstić information content (AvgIpc) is 2.66. The second kappa shape index (κ2) is 3.79. The number of anilines is 1. The van der Waals surface area contributed by atoms with Crippen molar-refractivity contribution < 1.29 is 14.1 Å². The molecule has 76 valence electrons. The Morgan fingerprint density at radius 3 is 3.00 bits per heavy atom. The minimum atomic E-state index is -0.636. The summed E-state index contributed by atoms with van der Waals surface area (Å²) in [5, 5.41) is 3.42. The van der Waals surface area contributed by atoms with Crippen LogP contribution < -0.4 is 10.5 Å². The van der Waals surface area contributed by atoms with E-state index >= 15 is 0 Å². The number of esters is 1. The number of nitrogen functional groups attached to an aromatic ring is 1. The fraction of sp³-hybridized carbons (Fsp3) is 0. The van der Waals surface area contributed by atoms with E-state index in [4.69, 9.17) is 10.5 Å². The van der Waals surface area contributed by atoms with Crippen LogP contribution in [0.15, 0.2) is 35.1 Å². The molecular weight excluding hydrogens is 198 g/mol. The topological polar surface area (TPSA) is 91.2 Å². The first-order valence-corrected chi connectivity index (χ1v) is 4.10. The Bertz CT molecular complexity index is 466. The second-order valence-electron chi connectivity index (χ2n) is 2.69. The predicted octanol–water partition coefficient (Wildman–Crippen LogP) is 0.871. The summed E-state index contributed by atoms with van der Waals surface area (Å²) >= 11 is 0. The van der Waals surface area contributed by atoms with Crippen LogP contribution in [-0.2, 0) is 0 Å². The zero-order chi connectivity index (χ0) is 10.7. The lowest BCUT2D eigenvalue weighted by atomic mass is 10.4. The molecule has 15 heavy (non-hydrogen) atoms. The highest BCUT2D eigenvalue weighted by molar-refractivity contribution is 5.89. The van der Waals surface area contributed by atoms with Gasteiger partial charge >= 0.3 is 5.97 Å². The van der Waals surface area contributed by atoms with Gasteiger partial charge in [0.1, 0.15) is 5.75 Å². The van der Waals surface area contributed by atoms with Crippen LogP contribution in [0, 0.1) is 0 Å². The van der Waals surface area contributed by atoms with Gasteiger partial charge in [-0.3, -0.25) is 4.98 Å². The van der Waals surface area contributed by atoms with Crippen molar-refractivity contribution in [2.45, 2.75) is 0 Å². The molecule has 2 aromatic rings. The molecule has 6 nitrogen and oxygen atoms in total. The molecule has 0 saturated heterocycles. The summed E-state index contributed by atoms with van der Waals surface area (Å²) in [7, 11) is 0. The number of carbonyl (C=O) groups is 1. The van der Waals surface area contributed by atoms with Gasteiger partial charge in [0, 0.05) is 12.3 Å². The van der Waals surface area contributed by atoms with Gasteiger partial charge in [-0.15, -0.1) is 0 Å². The van der Waals surface area contributed by atoms with E-state index in [0.717, 1.165) is 0 Å². The second-order valence-corrected chi connectivity index (χ2v) is 2.69. The zero-order valence-electron chi connectivity index (χ0n) is 7.58. The molecule has 0 radical (unpaired) electrons. The fourth-order valence-corrected chi connectivity index (χ4v) is 0.952. The van der Waals surface area contributed by atoms with Crippen LogP contribution in [0.5, 0.6) is 5.75 Å². The molecule has 2 rings (SSSR count). The molecule has 0 aliphatic rings. The Morgan fingerprint density at radius 1 is 1.53 bits per heavy atom. The van der Waals surface area contributed by atoms with Crippen molar-refractivity contribution in [3.05, 3.63) is 36.3 Å². The van der Waals surface area contributed by atoms with E-state index in [1.165, 1.54) is 12.3 Å². The number of rotatable bonds is 2. The summed E-state index contributed by atoms with van der Waals surface area (Å²) < 4.78 is 9.47. The summed E-state index contributed by atoms with van der Waals surface area (Å²) in [5.41, 5.74) is 5.28. The van der Waals surface area contributed by atoms with Crippen molar-refractivity contribution in [2.24, 2.45) is 0 Å². The van der Waals surface area contributed by atoms with E-state index in [0.29, 0.717) is 5.75 Å². The largest absolute Gasteiger partial charge is 0.420 e. The van der Waals surface area contributed by atoms with Crippen LogP contribution in [0.1, 0.15) is 10.5 Å². The highest BCUT2D eigenvalue weighted by atomic mass is 16.5. The van der Waals surface area contributed by atoms with Crippen LogP contribution in [0.2, 0.25) is 0 Å². The number of hydrogen-bond donors (Lipinski definition) is 1. The molecule has 0 aromatic carbocycles. The van der Waals surface area contributed by atoms with E-state index in [1.807, 2.05) is 0 Å². The van der Waals surface area contributed by atoms with E-state index in [2.05, 4.69) is 14.7 Å². The number of nitrogens with zero attached hydrogens (tertiary/aromatic N) is 2. The van der Waals surface area contributed by atoms with Gasteiger partial charge in [0.25, 0.3) is 0 Å². The van der Waals surface area contributed by atoms with Crippen molar-refractivity contribution in [3.8, 4) is 5.75 Å². The quantitative estimate of drug-likeness (QED) is 0.731. The van der Waals surface area contributed by atoms with Gasteiger partial charge in [-0.25, -0.2) is 4.79 Å². The maximum absolute atomic E-state index is 11.4. The molecule has 2 N–H and O–H groups in total. The minimum absolute atomic E-state index is 0.0244. The summed E-state index contributed by atoms with van der Waals surface area (Å²) in [6, 6.07) is 4.55. The Hall–Kier alpha value is -2.37. The third kappa shape index (κ3) is 2.11. The van der Waals surface area contributed by atoms with Crippen LogP contribution in [0.4, 0.5) is 5.88 Å². The van der Waals surface area contributed by atoms with Gasteiger partial charge in [-0.05, 0) is 12.1 Å². The summed E-state index contributed by atoms with van der Waals surface area (Å²) in [5.74, 6) is -0.236. The Morgan fingerprint density at radius 2 is 2.40 bits per heavy atom. The van der Waals surface area contributed by atoms with Crippen LogP contribution in [0.25, 0.3) is 0 Å². The molecule has 0 fully saturated rings. The van der Waals surface area contributed by atoms with E-state index < -0.39 is 5.97 Å². The maximum atomic E-state index is 11.4. The molecule has 0 spiro atoms. The molecule has 2 heterocycles. The van der Waals surface area contributed by atoms with Crippen LogP contribution in [-0.4, -0.2) is 16.1 Å². The SMILES string of the molecule is Nc1cc(C(=O)Oc2cccnc2)no1. The molecule has 0 aliphatic carbocycles. The summed E-state index contributed by atoms with van der Waals surface area (Å²) in [6.07, 6.45) is 2.99. The van der Waals surface area contributed by atoms with E-state index in [-0.39, 0.29) is 11.6 Å². The van der Waals surface area contributed by atoms with Crippen molar-refractivity contribution in [1.29, 1.82) is 0 Å². The molecule has 0 aliphatic heterocycles. The Balaban J connectivity index is 2.11. The highest BCUT2D eigenvalue weighted by Gasteiger charge is 2.13. The monoisotopic (exact) mass is 205 g/mol. The molecule has 2 aromatic heterocycles. The van der Waals surface area contributed by atoms with Crippen LogP contribution >= 0.6 is 0 Å². The number of nitrogens with two attached hydrogens (primary N) is 1. The summed E-state index contributed by atoms with van der Waals surface area (Å²) in [4.78, 5) is 15.2. The first kappa shape index (κ1) is 9.20. The van der Waals surface area contributed by atoms with Gasteiger partial charge in [0.2, 0.25) is 5.88 Å². The molecule has 6 heteroatoms. The van der Waals surface area contributed by atoms with Crippen molar-refractivity contribution >= 4 is 11.9 Å². The maximum Gasteiger partial charge on any atom is 0.366 e. The zero-order valence-corrected chi connectivity index (χ0v) is 7.58. The summed E-state index contributed by atoms with van der Waals surface area (Å²) in [6.45, 7) is 0. The lowest BCUT2D eigenvalue weighted by Crippen LogP contribution is -2.08. The highest BCUT2D eigenvalue weighted by Crippen LogP contribution is 2.11. The molecule has 0 unspecified atom stereocenters. The molecule has 0 bridgehead atoms. The van der Waals surface area contributed by atoms with Gasteiger partial charge in [-0.1, -0.05) is 5.16 Å². The normalized spacial score (nSPS) is 9.87. The number of aromatic nitrogens is 2. The first-order valence-electron chi connectivity index (χ1n) is 4.10. The van der Waals surface area contributed by atoms with Crippen molar-refractivity contribution in [3.63, 3.8) is 0 Å². The van der Waals surface area contributed by atoms with Gasteiger partial charge in [-0.2, -0.15) is 0 Å². The lowest BCUT2D eigenvalue weighted by molar-refractivity contribution is 0.0723. The fourth-order valence-electron chi connectivity index (χ4n) is 0.952. The minimum Gasteiger partial charge on any atom is -0.420 e. The van der Waals surface area contributed by atoms with E-state index in [9.17, 15) is 4.79 Å². The Kier molecular flexibility index (Phi) is 2.32. The standard InChI is InChI=1S/C9H7N3O3/c10-8-4-7(12-15-8)9(13)14-6-2-1-3-11-5-6/h1-5H,10H2. The van der Waals surface area contributed by atoms with Crippen molar-refractivity contribution in [1.82, 2.24) is 10.1 Å². The number of hydrogen-bond acceptors (Lipinski definition) is 6. The molecular formula is C9H7N3O3. The molecule has 0 amide bonds. The number of carbonyl (C=O) groups excluding carboxylic acids is 1. The first-order chi connectivity index (χ1) is 7.25. The van der Waals surface area contributed by atoms with Gasteiger partial charge < -0.3 is 15.0 Å². The smallest absolute Gasteiger partial charge is 0.366 e. The Labute approximate surface area is 84.7 Å². The molecule has 0 saturated carbocycles. The van der Waals surface area contributed by atoms with E-state index in [1.54, 1.807) is 18.3 Å². The van der Waals surface area contributed by atoms with Gasteiger partial charge in [0.15, 0.2) is 5.69 Å². The third-order valence-corrected chi connectivity index (χ3v) is 1.58. The van der Waals surface area contributed by atoms with Gasteiger partial charge in [0.05, 0.1) is 6.20 Å². The predicted molar refractivity (Wildman–Crippen MR) is 50.1 cm³/mol.